The van der Waals surface area contributed by atoms with Gasteiger partial charge in [0.05, 0.1) is 47.7 Å². The van der Waals surface area contributed by atoms with Crippen LogP contribution in [0.5, 0.6) is 0 Å². The Morgan fingerprint density at radius 2 is 2.06 bits per heavy atom. The van der Waals surface area contributed by atoms with Crippen molar-refractivity contribution in [3.63, 3.8) is 0 Å². The van der Waals surface area contributed by atoms with Gasteiger partial charge in [-0.25, -0.2) is 15.0 Å². The third-order valence-corrected chi connectivity index (χ3v) is 6.19. The number of aliphatic hydroxyl groups excluding tert-OH is 1. The molecule has 9 nitrogen and oxygen atoms in total. The molecule has 13 heteroatoms. The highest BCUT2D eigenvalue weighted by atomic mass is 32.1. The lowest BCUT2D eigenvalue weighted by molar-refractivity contribution is -0.137. The fourth-order valence-corrected chi connectivity index (χ4v) is 4.32. The van der Waals surface area contributed by atoms with Crippen molar-refractivity contribution in [2.75, 3.05) is 13.2 Å². The van der Waals surface area contributed by atoms with Crippen LogP contribution >= 0.6 is 11.3 Å². The zero-order valence-electron chi connectivity index (χ0n) is 16.4. The van der Waals surface area contributed by atoms with E-state index in [9.17, 15) is 23.1 Å². The maximum Gasteiger partial charge on any atom is 0.443 e. The molecule has 4 aromatic rings. The number of halogens is 3. The molecule has 5 rings (SSSR count). The molecular weight excluding hydrogens is 449 g/mol. The van der Waals surface area contributed by atoms with E-state index in [1.165, 1.54) is 27.8 Å². The molecule has 1 N–H and O–H groups in total. The van der Waals surface area contributed by atoms with Gasteiger partial charge in [-0.2, -0.15) is 18.3 Å². The van der Waals surface area contributed by atoms with Gasteiger partial charge in [-0.3, -0.25) is 14.0 Å². The van der Waals surface area contributed by atoms with Gasteiger partial charge in [0.25, 0.3) is 5.56 Å². The molecule has 32 heavy (non-hydrogen) atoms. The van der Waals surface area contributed by atoms with Crippen LogP contribution in [0.2, 0.25) is 0 Å². The minimum Gasteiger partial charge on any atom is -0.388 e. The van der Waals surface area contributed by atoms with Crippen molar-refractivity contribution in [1.82, 2.24) is 29.3 Å². The van der Waals surface area contributed by atoms with Crippen molar-refractivity contribution in [2.24, 2.45) is 7.05 Å². The summed E-state index contributed by atoms with van der Waals surface area (Å²) in [4.78, 5) is 25.8. The standard InChI is InChI=1S/C19H15F3N6O3S/c1-27-5-9(3-25-27)15-16-10(17(30)28(8-24-16)12-6-31-7-13(12)29)2-11(26-15)14-4-23-18(32-14)19(20,21)22/h2-5,8,12-13,29H,6-7H2,1H3/t12-,13?/m1/s1. The van der Waals surface area contributed by atoms with Crippen molar-refractivity contribution in [3.05, 3.63) is 46.3 Å². The van der Waals surface area contributed by atoms with Crippen molar-refractivity contribution in [3.8, 4) is 21.8 Å². The third kappa shape index (κ3) is 3.47. The van der Waals surface area contributed by atoms with Crippen molar-refractivity contribution in [1.29, 1.82) is 0 Å². The van der Waals surface area contributed by atoms with Crippen LogP contribution in [0.15, 0.2) is 35.8 Å². The highest BCUT2D eigenvalue weighted by Gasteiger charge is 2.35. The molecule has 0 aromatic carbocycles. The molecule has 0 aliphatic carbocycles. The summed E-state index contributed by atoms with van der Waals surface area (Å²) in [6.07, 6.45) is 0.143. The Morgan fingerprint density at radius 1 is 1.25 bits per heavy atom. The van der Waals surface area contributed by atoms with E-state index in [-0.39, 0.29) is 34.7 Å². The van der Waals surface area contributed by atoms with Crippen LogP contribution in [0.3, 0.4) is 0 Å². The number of ether oxygens (including phenoxy) is 1. The molecule has 1 saturated heterocycles. The average molecular weight is 464 g/mol. The number of hydrogen-bond donors (Lipinski definition) is 1. The fraction of sp³-hybridized carbons (Fsp3) is 0.316. The molecule has 0 amide bonds. The predicted octanol–water partition coefficient (Wildman–Crippen LogP) is 2.27. The molecule has 0 saturated carbocycles. The number of aliphatic hydroxyl groups is 1. The van der Waals surface area contributed by atoms with E-state index in [1.807, 2.05) is 0 Å². The molecule has 1 aliphatic rings. The minimum absolute atomic E-state index is 0.0960. The molecule has 0 spiro atoms. The summed E-state index contributed by atoms with van der Waals surface area (Å²) in [5.74, 6) is 0. The van der Waals surface area contributed by atoms with Gasteiger partial charge in [-0.15, -0.1) is 11.3 Å². The monoisotopic (exact) mass is 464 g/mol. The van der Waals surface area contributed by atoms with Crippen LogP contribution < -0.4 is 5.56 Å². The van der Waals surface area contributed by atoms with E-state index < -0.39 is 28.9 Å². The smallest absolute Gasteiger partial charge is 0.388 e. The highest BCUT2D eigenvalue weighted by Crippen LogP contribution is 2.37. The Hall–Kier alpha value is -3.16. The summed E-state index contributed by atoms with van der Waals surface area (Å²) in [7, 11) is 1.70. The molecule has 0 bridgehead atoms. The first-order valence-electron chi connectivity index (χ1n) is 9.42. The normalized spacial score (nSPS) is 19.2. The van der Waals surface area contributed by atoms with Crippen LogP contribution in [-0.2, 0) is 18.0 Å². The van der Waals surface area contributed by atoms with E-state index >= 15 is 0 Å². The second kappa shape index (κ2) is 7.46. The Morgan fingerprint density at radius 3 is 2.69 bits per heavy atom. The molecule has 0 radical (unpaired) electrons. The van der Waals surface area contributed by atoms with Crippen molar-refractivity contribution >= 4 is 22.2 Å². The third-order valence-electron chi connectivity index (χ3n) is 5.13. The Bertz CT molecular complexity index is 1380. The first-order valence-corrected chi connectivity index (χ1v) is 10.2. The number of rotatable bonds is 3. The van der Waals surface area contributed by atoms with Crippen LogP contribution in [0.1, 0.15) is 11.0 Å². The molecule has 2 atom stereocenters. The molecular formula is C19H15F3N6O3S. The molecule has 166 valence electrons. The lowest BCUT2D eigenvalue weighted by Crippen LogP contribution is -2.32. The fourth-order valence-electron chi connectivity index (χ4n) is 3.57. The number of pyridine rings is 1. The quantitative estimate of drug-likeness (QED) is 0.496. The van der Waals surface area contributed by atoms with E-state index in [1.54, 1.807) is 13.2 Å². The Kier molecular flexibility index (Phi) is 4.83. The molecule has 5 heterocycles. The molecule has 1 aliphatic heterocycles. The summed E-state index contributed by atoms with van der Waals surface area (Å²) in [6, 6.07) is 0.787. The minimum atomic E-state index is -4.58. The molecule has 4 aromatic heterocycles. The number of aromatic nitrogens is 6. The van der Waals surface area contributed by atoms with Gasteiger partial charge in [0.2, 0.25) is 0 Å². The predicted molar refractivity (Wildman–Crippen MR) is 108 cm³/mol. The van der Waals surface area contributed by atoms with Gasteiger partial charge in [-0.1, -0.05) is 0 Å². The first kappa shape index (κ1) is 20.7. The summed E-state index contributed by atoms with van der Waals surface area (Å²) in [6.45, 7) is 0.240. The summed E-state index contributed by atoms with van der Waals surface area (Å²) in [5, 5.41) is 13.4. The summed E-state index contributed by atoms with van der Waals surface area (Å²) < 4.78 is 47.2. The number of alkyl halides is 3. The Balaban J connectivity index is 1.75. The Labute approximate surface area is 181 Å². The lowest BCUT2D eigenvalue weighted by Gasteiger charge is -2.16. The van der Waals surface area contributed by atoms with Crippen LogP contribution in [-0.4, -0.2) is 53.7 Å². The number of thiazole rings is 1. The van der Waals surface area contributed by atoms with Gasteiger partial charge in [0.1, 0.15) is 17.3 Å². The second-order valence-electron chi connectivity index (χ2n) is 7.31. The van der Waals surface area contributed by atoms with E-state index in [0.29, 0.717) is 22.6 Å². The zero-order chi connectivity index (χ0) is 22.6. The van der Waals surface area contributed by atoms with Crippen LogP contribution in [0.25, 0.3) is 32.7 Å². The van der Waals surface area contributed by atoms with Gasteiger partial charge in [-0.05, 0) is 6.07 Å². The average Bonchev–Trinajstić information content (AvgIpc) is 3.48. The highest BCUT2D eigenvalue weighted by molar-refractivity contribution is 7.15. The number of fused-ring (bicyclic) bond motifs is 1. The summed E-state index contributed by atoms with van der Waals surface area (Å²) >= 11 is 0.438. The zero-order valence-corrected chi connectivity index (χ0v) is 17.3. The number of nitrogens with zero attached hydrogens (tertiary/aromatic N) is 6. The SMILES string of the molecule is Cn1cc(-c2nc(-c3cnc(C(F)(F)F)s3)cc3c(=O)n([C@@H]4COCC4O)cnc23)cn1. The van der Waals surface area contributed by atoms with Crippen LogP contribution in [0, 0.1) is 0 Å². The van der Waals surface area contributed by atoms with Gasteiger partial charge >= 0.3 is 6.18 Å². The van der Waals surface area contributed by atoms with E-state index in [4.69, 9.17) is 4.74 Å². The van der Waals surface area contributed by atoms with Gasteiger partial charge < -0.3 is 9.84 Å². The van der Waals surface area contributed by atoms with Crippen molar-refractivity contribution in [2.45, 2.75) is 18.3 Å². The molecule has 1 unspecified atom stereocenters. The van der Waals surface area contributed by atoms with Crippen molar-refractivity contribution < 1.29 is 23.0 Å². The van der Waals surface area contributed by atoms with E-state index in [0.717, 1.165) is 6.20 Å². The first-order chi connectivity index (χ1) is 15.2. The van der Waals surface area contributed by atoms with Crippen LogP contribution in [0.4, 0.5) is 13.2 Å². The maximum absolute atomic E-state index is 13.3. The second-order valence-corrected chi connectivity index (χ2v) is 8.34. The molecule has 1 fully saturated rings. The van der Waals surface area contributed by atoms with E-state index in [2.05, 4.69) is 20.1 Å². The number of hydrogen-bond acceptors (Lipinski definition) is 8. The van der Waals surface area contributed by atoms with Gasteiger partial charge in [0.15, 0.2) is 5.01 Å². The lowest BCUT2D eigenvalue weighted by atomic mass is 10.1. The topological polar surface area (TPSA) is 108 Å². The maximum atomic E-state index is 13.3. The largest absolute Gasteiger partial charge is 0.443 e. The summed E-state index contributed by atoms with van der Waals surface area (Å²) in [5.41, 5.74) is 0.828. The number of aryl methyl sites for hydroxylation is 1. The van der Waals surface area contributed by atoms with Gasteiger partial charge in [0, 0.05) is 25.0 Å².